The van der Waals surface area contributed by atoms with Gasteiger partial charge in [-0.2, -0.15) is 0 Å². The molecule has 2 aromatic carbocycles. The van der Waals surface area contributed by atoms with Crippen molar-refractivity contribution in [3.8, 4) is 5.75 Å². The first-order chi connectivity index (χ1) is 19.3. The lowest BCUT2D eigenvalue weighted by molar-refractivity contribution is -0.0593. The van der Waals surface area contributed by atoms with Gasteiger partial charge in [-0.1, -0.05) is 40.9 Å². The lowest BCUT2D eigenvalue weighted by atomic mass is 9.93. The van der Waals surface area contributed by atoms with Crippen molar-refractivity contribution in [3.63, 3.8) is 0 Å². The zero-order chi connectivity index (χ0) is 28.0. The number of rotatable bonds is 8. The highest BCUT2D eigenvalue weighted by atomic mass is 35.5. The van der Waals surface area contributed by atoms with Crippen molar-refractivity contribution in [1.29, 1.82) is 0 Å². The number of carboxylic acids is 1. The van der Waals surface area contributed by atoms with Gasteiger partial charge >= 0.3 is 5.97 Å². The number of aromatic carboxylic acids is 1. The van der Waals surface area contributed by atoms with Crippen LogP contribution in [0.3, 0.4) is 0 Å². The second-order valence-electron chi connectivity index (χ2n) is 10.2. The van der Waals surface area contributed by atoms with Crippen LogP contribution in [0.1, 0.15) is 52.4 Å². The van der Waals surface area contributed by atoms with Crippen molar-refractivity contribution in [2.45, 2.75) is 51.6 Å². The Morgan fingerprint density at radius 2 is 1.95 bits per heavy atom. The molecule has 0 bridgehead atoms. The highest BCUT2D eigenvalue weighted by Crippen LogP contribution is 2.38. The number of hydrogen-bond acceptors (Lipinski definition) is 6. The Kier molecular flexibility index (Phi) is 7.63. The van der Waals surface area contributed by atoms with Crippen LogP contribution in [-0.4, -0.2) is 49.8 Å². The Balaban J connectivity index is 1.26. The van der Waals surface area contributed by atoms with E-state index in [9.17, 15) is 9.90 Å². The summed E-state index contributed by atoms with van der Waals surface area (Å²) in [6.45, 7) is 5.15. The number of carbonyl (C=O) groups is 1. The van der Waals surface area contributed by atoms with Crippen molar-refractivity contribution in [1.82, 2.24) is 19.4 Å². The first-order valence-electron chi connectivity index (χ1n) is 13.1. The molecule has 0 aliphatic carbocycles. The van der Waals surface area contributed by atoms with E-state index in [0.29, 0.717) is 45.1 Å². The smallest absolute Gasteiger partial charge is 0.354 e. The van der Waals surface area contributed by atoms with Crippen molar-refractivity contribution in [2.75, 3.05) is 13.2 Å². The quantitative estimate of drug-likeness (QED) is 0.244. The van der Waals surface area contributed by atoms with Gasteiger partial charge in [-0.3, -0.25) is 4.90 Å². The van der Waals surface area contributed by atoms with Crippen LogP contribution in [0.2, 0.25) is 15.1 Å². The van der Waals surface area contributed by atoms with E-state index < -0.39 is 5.97 Å². The van der Waals surface area contributed by atoms with Gasteiger partial charge in [-0.15, -0.1) is 0 Å². The molecule has 11 heteroatoms. The molecule has 2 aromatic heterocycles. The van der Waals surface area contributed by atoms with Gasteiger partial charge in [-0.25, -0.2) is 14.8 Å². The molecular formula is C29H27Cl3N4O4. The highest BCUT2D eigenvalue weighted by Gasteiger charge is 2.29. The van der Waals surface area contributed by atoms with Crippen LogP contribution < -0.4 is 4.74 Å². The number of nitrogens with zero attached hydrogens (tertiary/aromatic N) is 4. The minimum absolute atomic E-state index is 0.000656. The van der Waals surface area contributed by atoms with Crippen LogP contribution in [0.4, 0.5) is 0 Å². The zero-order valence-electron chi connectivity index (χ0n) is 21.7. The molecule has 4 heterocycles. The van der Waals surface area contributed by atoms with Crippen LogP contribution in [0.25, 0.3) is 11.2 Å². The van der Waals surface area contributed by atoms with Gasteiger partial charge in [-0.05, 0) is 67.3 Å². The molecule has 6 rings (SSSR count). The average Bonchev–Trinajstić information content (AvgIpc) is 3.23. The van der Waals surface area contributed by atoms with E-state index in [2.05, 4.69) is 16.8 Å². The third-order valence-electron chi connectivity index (χ3n) is 7.67. The van der Waals surface area contributed by atoms with Crippen molar-refractivity contribution in [2.24, 2.45) is 0 Å². The molecule has 1 fully saturated rings. The Bertz CT molecular complexity index is 1600. The predicted octanol–water partition coefficient (Wildman–Crippen LogP) is 6.58. The number of fused-ring (bicyclic) bond motifs is 2. The Morgan fingerprint density at radius 3 is 2.67 bits per heavy atom. The van der Waals surface area contributed by atoms with Crippen molar-refractivity contribution < 1.29 is 19.4 Å². The summed E-state index contributed by atoms with van der Waals surface area (Å²) in [4.78, 5) is 23.2. The van der Waals surface area contributed by atoms with Gasteiger partial charge in [0.2, 0.25) is 0 Å². The summed E-state index contributed by atoms with van der Waals surface area (Å²) in [7, 11) is 0. The van der Waals surface area contributed by atoms with E-state index in [1.165, 1.54) is 11.6 Å². The average molecular weight is 602 g/mol. The molecule has 0 spiro atoms. The summed E-state index contributed by atoms with van der Waals surface area (Å²) in [6, 6.07) is 12.6. The monoisotopic (exact) mass is 600 g/mol. The van der Waals surface area contributed by atoms with Crippen LogP contribution >= 0.6 is 34.8 Å². The van der Waals surface area contributed by atoms with E-state index >= 15 is 0 Å². The number of pyridine rings is 1. The summed E-state index contributed by atoms with van der Waals surface area (Å²) in [5.41, 5.74) is 4.40. The second kappa shape index (κ2) is 11.2. The van der Waals surface area contributed by atoms with Crippen LogP contribution in [0.15, 0.2) is 42.5 Å². The van der Waals surface area contributed by atoms with E-state index in [4.69, 9.17) is 49.3 Å². The second-order valence-corrected chi connectivity index (χ2v) is 11.4. The molecule has 1 saturated heterocycles. The van der Waals surface area contributed by atoms with Gasteiger partial charge in [0.15, 0.2) is 11.3 Å². The largest absolute Gasteiger partial charge is 0.487 e. The maximum Gasteiger partial charge on any atom is 0.354 e. The molecule has 40 heavy (non-hydrogen) atoms. The maximum atomic E-state index is 11.6. The number of halogens is 3. The molecule has 2 aliphatic heterocycles. The van der Waals surface area contributed by atoms with Gasteiger partial charge in [0.25, 0.3) is 0 Å². The lowest BCUT2D eigenvalue weighted by Gasteiger charge is -2.36. The number of imidazole rings is 1. The van der Waals surface area contributed by atoms with E-state index in [1.807, 2.05) is 22.8 Å². The SMILES string of the molecule is C[C@H]1c2cc(OCc3ccc(Cl)cc3Cl)c(Cl)cc2CCN1Cc1nc2ccc(C(=O)O)nc2n1C[C@@H]1CCO1. The lowest BCUT2D eigenvalue weighted by Crippen LogP contribution is -2.36. The fourth-order valence-electron chi connectivity index (χ4n) is 5.28. The molecule has 2 atom stereocenters. The van der Waals surface area contributed by atoms with E-state index in [0.717, 1.165) is 42.9 Å². The topological polar surface area (TPSA) is 89.7 Å². The molecule has 2 aliphatic rings. The number of aromatic nitrogens is 3. The minimum Gasteiger partial charge on any atom is -0.487 e. The van der Waals surface area contributed by atoms with E-state index in [1.54, 1.807) is 18.2 Å². The Morgan fingerprint density at radius 1 is 1.12 bits per heavy atom. The molecule has 1 N–H and O–H groups in total. The maximum absolute atomic E-state index is 11.6. The highest BCUT2D eigenvalue weighted by molar-refractivity contribution is 6.35. The summed E-state index contributed by atoms with van der Waals surface area (Å²) < 4.78 is 13.8. The molecular weight excluding hydrogens is 575 g/mol. The third kappa shape index (κ3) is 5.39. The first kappa shape index (κ1) is 27.3. The molecule has 0 unspecified atom stereocenters. The van der Waals surface area contributed by atoms with Gasteiger partial charge in [0.1, 0.15) is 23.7 Å². The normalized spacial score (nSPS) is 18.9. The summed E-state index contributed by atoms with van der Waals surface area (Å²) in [6.07, 6.45) is 1.86. The summed E-state index contributed by atoms with van der Waals surface area (Å²) in [5.74, 6) is 0.367. The van der Waals surface area contributed by atoms with Crippen LogP contribution in [0.5, 0.6) is 5.75 Å². The zero-order valence-corrected chi connectivity index (χ0v) is 24.0. The van der Waals surface area contributed by atoms with Gasteiger partial charge < -0.3 is 19.1 Å². The fraction of sp³-hybridized carbons (Fsp3) is 0.345. The Hall–Kier alpha value is -2.88. The van der Waals surface area contributed by atoms with Gasteiger partial charge in [0.05, 0.1) is 24.2 Å². The van der Waals surface area contributed by atoms with Crippen LogP contribution in [-0.2, 0) is 30.9 Å². The predicted molar refractivity (Wildman–Crippen MR) is 154 cm³/mol. The molecule has 0 amide bonds. The first-order valence-corrected chi connectivity index (χ1v) is 14.2. The summed E-state index contributed by atoms with van der Waals surface area (Å²) >= 11 is 19.0. The van der Waals surface area contributed by atoms with Crippen molar-refractivity contribution in [3.05, 3.63) is 85.7 Å². The number of ether oxygens (including phenoxy) is 2. The molecule has 208 valence electrons. The molecule has 0 radical (unpaired) electrons. The number of carboxylic acid groups (broad SMARTS) is 1. The number of benzene rings is 2. The third-order valence-corrected chi connectivity index (χ3v) is 8.55. The Labute approximate surface area is 246 Å². The molecule has 0 saturated carbocycles. The number of hydrogen-bond donors (Lipinski definition) is 1. The van der Waals surface area contributed by atoms with Crippen LogP contribution in [0, 0.1) is 0 Å². The van der Waals surface area contributed by atoms with Gasteiger partial charge in [0, 0.05) is 34.8 Å². The minimum atomic E-state index is -1.06. The standard InChI is InChI=1S/C29H27Cl3N4O4/c1-16-21-12-26(40-15-18-2-3-19(30)11-22(18)31)23(32)10-17(21)6-8-35(16)14-27-33-24-4-5-25(29(37)38)34-28(24)36(27)13-20-7-9-39-20/h2-5,10-12,16,20H,6-9,13-15H2,1H3,(H,37,38)/t16-,20-/m0/s1. The molecule has 4 aromatic rings. The summed E-state index contributed by atoms with van der Waals surface area (Å²) in [5, 5.41) is 11.2. The fourth-order valence-corrected chi connectivity index (χ4v) is 5.99. The van der Waals surface area contributed by atoms with E-state index in [-0.39, 0.29) is 24.4 Å². The van der Waals surface area contributed by atoms with Crippen molar-refractivity contribution >= 4 is 51.9 Å². The molecule has 8 nitrogen and oxygen atoms in total.